The number of hydrogen-bond acceptors (Lipinski definition) is 11. The maximum Gasteiger partial charge on any atom is 0.233 e. The van der Waals surface area contributed by atoms with Crippen LogP contribution in [-0.2, 0) is 0 Å². The van der Waals surface area contributed by atoms with Crippen molar-refractivity contribution in [2.75, 3.05) is 41.3 Å². The molecule has 0 radical (unpaired) electrons. The van der Waals surface area contributed by atoms with E-state index in [1.54, 1.807) is 24.3 Å². The van der Waals surface area contributed by atoms with Crippen molar-refractivity contribution in [3.63, 3.8) is 0 Å². The van der Waals surface area contributed by atoms with E-state index in [1.165, 1.54) is 6.92 Å². The predicted molar refractivity (Wildman–Crippen MR) is 123 cm³/mol. The molecule has 2 fully saturated rings. The maximum absolute atomic E-state index is 11.5. The highest BCUT2D eigenvalue weighted by Gasteiger charge is 2.34. The minimum absolute atomic E-state index is 0.000484. The van der Waals surface area contributed by atoms with Crippen molar-refractivity contribution in [2.24, 2.45) is 17.2 Å². The Labute approximate surface area is 187 Å². The fourth-order valence-corrected chi connectivity index (χ4v) is 4.31. The molecule has 4 atom stereocenters. The summed E-state index contributed by atoms with van der Waals surface area (Å²) in [6.07, 6.45) is 0.806. The minimum atomic E-state index is -0.535. The molecule has 0 saturated carbocycles. The van der Waals surface area contributed by atoms with E-state index in [0.717, 1.165) is 12.1 Å². The number of hydrogen-bond donors (Lipinski definition) is 5. The smallest absolute Gasteiger partial charge is 0.233 e. The highest BCUT2D eigenvalue weighted by atomic mass is 16.3. The van der Waals surface area contributed by atoms with E-state index in [0.29, 0.717) is 49.5 Å². The average Bonchev–Trinajstić information content (AvgIpc) is 3.13. The molecule has 0 unspecified atom stereocenters. The number of rotatable bonds is 6. The number of piperidine rings is 1. The second kappa shape index (κ2) is 9.33. The summed E-state index contributed by atoms with van der Waals surface area (Å²) < 4.78 is 0. The van der Waals surface area contributed by atoms with Crippen LogP contribution in [0.5, 0.6) is 0 Å². The van der Waals surface area contributed by atoms with Crippen molar-refractivity contribution in [1.82, 2.24) is 15.0 Å². The van der Waals surface area contributed by atoms with E-state index in [4.69, 9.17) is 17.2 Å². The third-order valence-electron chi connectivity index (χ3n) is 5.97. The quantitative estimate of drug-likeness (QED) is 0.368. The van der Waals surface area contributed by atoms with Gasteiger partial charge in [0.25, 0.3) is 0 Å². The first kappa shape index (κ1) is 22.3. The second-order valence-corrected chi connectivity index (χ2v) is 8.53. The fourth-order valence-electron chi connectivity index (χ4n) is 4.31. The molecular weight excluding hydrogens is 410 g/mol. The zero-order valence-corrected chi connectivity index (χ0v) is 18.2. The topological polar surface area (TPSA) is 173 Å². The molecule has 2 aromatic rings. The minimum Gasteiger partial charge on any atom is -0.391 e. The SMILES string of the molecule is CC(=O)c1ccc(Nc2nc(N3C[C@H](N)C[C@H](N)C3)nc(N3CC[C@@H](O)[C@H]3CN)n2)cc1. The Morgan fingerprint density at radius 1 is 1.12 bits per heavy atom. The zero-order valence-electron chi connectivity index (χ0n) is 18.2. The van der Waals surface area contributed by atoms with Gasteiger partial charge in [-0.15, -0.1) is 0 Å². The number of carbonyl (C=O) groups excluding carboxylic acids is 1. The Morgan fingerprint density at radius 3 is 2.41 bits per heavy atom. The lowest BCUT2D eigenvalue weighted by Gasteiger charge is -2.35. The summed E-state index contributed by atoms with van der Waals surface area (Å²) in [5.74, 6) is 1.27. The van der Waals surface area contributed by atoms with Gasteiger partial charge in [-0.3, -0.25) is 4.79 Å². The van der Waals surface area contributed by atoms with Gasteiger partial charge < -0.3 is 37.4 Å². The Balaban J connectivity index is 1.67. The number of aliphatic hydroxyl groups excluding tert-OH is 1. The van der Waals surface area contributed by atoms with Gasteiger partial charge in [0.1, 0.15) is 0 Å². The van der Waals surface area contributed by atoms with Crippen molar-refractivity contribution in [1.29, 1.82) is 0 Å². The Morgan fingerprint density at radius 2 is 1.78 bits per heavy atom. The van der Waals surface area contributed by atoms with E-state index in [9.17, 15) is 9.90 Å². The molecule has 2 aliphatic heterocycles. The normalized spacial score (nSPS) is 25.8. The molecule has 172 valence electrons. The molecule has 2 aliphatic rings. The van der Waals surface area contributed by atoms with Crippen LogP contribution in [0.1, 0.15) is 30.1 Å². The van der Waals surface area contributed by atoms with Crippen molar-refractivity contribution in [3.8, 4) is 0 Å². The number of carbonyl (C=O) groups is 1. The van der Waals surface area contributed by atoms with Crippen molar-refractivity contribution in [3.05, 3.63) is 29.8 Å². The van der Waals surface area contributed by atoms with Crippen molar-refractivity contribution >= 4 is 29.3 Å². The molecule has 0 amide bonds. The van der Waals surface area contributed by atoms with Crippen molar-refractivity contribution in [2.45, 2.75) is 44.0 Å². The van der Waals surface area contributed by atoms with Gasteiger partial charge >= 0.3 is 0 Å². The van der Waals surface area contributed by atoms with E-state index in [1.807, 2.05) is 9.80 Å². The van der Waals surface area contributed by atoms with Crippen LogP contribution in [0.2, 0.25) is 0 Å². The van der Waals surface area contributed by atoms with Crippen LogP contribution in [0.25, 0.3) is 0 Å². The molecule has 11 heteroatoms. The summed E-state index contributed by atoms with van der Waals surface area (Å²) in [6.45, 7) is 3.59. The Bertz CT molecular complexity index is 945. The number of aromatic nitrogens is 3. The van der Waals surface area contributed by atoms with E-state index in [2.05, 4.69) is 20.3 Å². The van der Waals surface area contributed by atoms with Gasteiger partial charge in [-0.05, 0) is 44.0 Å². The molecule has 0 spiro atoms. The highest BCUT2D eigenvalue weighted by molar-refractivity contribution is 5.94. The van der Waals surface area contributed by atoms with Crippen LogP contribution in [0.4, 0.5) is 23.5 Å². The number of nitrogens with two attached hydrogens (primary N) is 3. The molecule has 3 heterocycles. The summed E-state index contributed by atoms with van der Waals surface area (Å²) in [5, 5.41) is 13.5. The number of Topliss-reactive ketones (excluding diaryl/α,β-unsaturated/α-hetero) is 1. The van der Waals surface area contributed by atoms with Gasteiger partial charge in [0.05, 0.1) is 12.1 Å². The summed E-state index contributed by atoms with van der Waals surface area (Å²) in [6, 6.07) is 6.69. The van der Waals surface area contributed by atoms with Crippen LogP contribution in [0.3, 0.4) is 0 Å². The van der Waals surface area contributed by atoms with Gasteiger partial charge in [0, 0.05) is 49.5 Å². The molecule has 8 N–H and O–H groups in total. The lowest BCUT2D eigenvalue weighted by Crippen LogP contribution is -2.53. The number of aliphatic hydroxyl groups is 1. The van der Waals surface area contributed by atoms with Crippen LogP contribution in [-0.4, -0.2) is 76.3 Å². The predicted octanol–water partition coefficient (Wildman–Crippen LogP) is -0.419. The Hall–Kier alpha value is -2.86. The molecule has 11 nitrogen and oxygen atoms in total. The number of ketones is 1. The van der Waals surface area contributed by atoms with Gasteiger partial charge in [0.15, 0.2) is 5.78 Å². The summed E-state index contributed by atoms with van der Waals surface area (Å²) >= 11 is 0. The number of nitrogens with zero attached hydrogens (tertiary/aromatic N) is 5. The molecule has 4 rings (SSSR count). The van der Waals surface area contributed by atoms with Crippen LogP contribution < -0.4 is 32.3 Å². The standard InChI is InChI=1S/C21H31N9O2/c1-12(31)13-2-4-16(5-3-13)25-19-26-20(29-10-14(23)8-15(24)11-29)28-21(27-19)30-7-6-18(32)17(30)9-22/h2-5,14-15,17-18,32H,6-11,22-24H2,1H3,(H,25,26,27,28)/t14-,15+,17-,18-/m1/s1. The lowest BCUT2D eigenvalue weighted by molar-refractivity contribution is 0.101. The van der Waals surface area contributed by atoms with Gasteiger partial charge in [-0.25, -0.2) is 0 Å². The highest BCUT2D eigenvalue weighted by Crippen LogP contribution is 2.27. The molecule has 0 aliphatic carbocycles. The molecular formula is C21H31N9O2. The fraction of sp³-hybridized carbons (Fsp3) is 0.524. The van der Waals surface area contributed by atoms with Crippen LogP contribution in [0.15, 0.2) is 24.3 Å². The summed E-state index contributed by atoms with van der Waals surface area (Å²) in [7, 11) is 0. The first-order valence-electron chi connectivity index (χ1n) is 10.9. The molecule has 1 aromatic heterocycles. The third-order valence-corrected chi connectivity index (χ3v) is 5.97. The summed E-state index contributed by atoms with van der Waals surface area (Å²) in [5.41, 5.74) is 19.6. The number of benzene rings is 1. The molecule has 0 bridgehead atoms. The second-order valence-electron chi connectivity index (χ2n) is 8.53. The third kappa shape index (κ3) is 4.80. The van der Waals surface area contributed by atoms with Crippen LogP contribution in [0, 0.1) is 0 Å². The monoisotopic (exact) mass is 441 g/mol. The van der Waals surface area contributed by atoms with Gasteiger partial charge in [-0.2, -0.15) is 15.0 Å². The molecule has 2 saturated heterocycles. The first-order valence-corrected chi connectivity index (χ1v) is 10.9. The van der Waals surface area contributed by atoms with E-state index < -0.39 is 6.10 Å². The van der Waals surface area contributed by atoms with E-state index in [-0.39, 0.29) is 30.5 Å². The van der Waals surface area contributed by atoms with Crippen molar-refractivity contribution < 1.29 is 9.90 Å². The first-order chi connectivity index (χ1) is 15.3. The average molecular weight is 442 g/mol. The zero-order chi connectivity index (χ0) is 22.8. The maximum atomic E-state index is 11.5. The number of anilines is 4. The molecule has 32 heavy (non-hydrogen) atoms. The number of nitrogens with one attached hydrogen (secondary N) is 1. The van der Waals surface area contributed by atoms with Gasteiger partial charge in [-0.1, -0.05) is 0 Å². The van der Waals surface area contributed by atoms with Gasteiger partial charge in [0.2, 0.25) is 17.8 Å². The Kier molecular flexibility index (Phi) is 6.51. The van der Waals surface area contributed by atoms with Crippen LogP contribution >= 0.6 is 0 Å². The summed E-state index contributed by atoms with van der Waals surface area (Å²) in [4.78, 5) is 29.3. The largest absolute Gasteiger partial charge is 0.391 e. The lowest BCUT2D eigenvalue weighted by atomic mass is 10.0. The van der Waals surface area contributed by atoms with E-state index >= 15 is 0 Å². The molecule has 1 aromatic carbocycles.